The van der Waals surface area contributed by atoms with Gasteiger partial charge < -0.3 is 9.80 Å². The van der Waals surface area contributed by atoms with Crippen molar-refractivity contribution >= 4 is 26.7 Å². The second-order valence-electron chi connectivity index (χ2n) is 8.21. The predicted octanol–water partition coefficient (Wildman–Crippen LogP) is 3.62. The van der Waals surface area contributed by atoms with Crippen molar-refractivity contribution < 1.29 is 13.2 Å². The molecule has 0 unspecified atom stereocenters. The lowest BCUT2D eigenvalue weighted by Gasteiger charge is -2.24. The van der Waals surface area contributed by atoms with E-state index in [1.54, 1.807) is 0 Å². The lowest BCUT2D eigenvalue weighted by atomic mass is 10.1. The van der Waals surface area contributed by atoms with Crippen LogP contribution in [0, 0.1) is 13.8 Å². The highest BCUT2D eigenvalue weighted by atomic mass is 32.2. The molecule has 2 aromatic rings. The molecule has 0 aliphatic carbocycles. The minimum Gasteiger partial charge on any atom is -0.354 e. The molecule has 2 aromatic carbocycles. The van der Waals surface area contributed by atoms with E-state index >= 15 is 0 Å². The summed E-state index contributed by atoms with van der Waals surface area (Å²) in [6, 6.07) is 15.1. The van der Waals surface area contributed by atoms with Crippen molar-refractivity contribution in [2.45, 2.75) is 27.2 Å². The maximum Gasteiger partial charge on any atom is 0.285 e. The molecule has 0 radical (unpaired) electrons. The molecule has 2 aliphatic heterocycles. The van der Waals surface area contributed by atoms with Crippen LogP contribution in [0.2, 0.25) is 0 Å². The Labute approximate surface area is 184 Å². The number of amidine groups is 1. The molecular weight excluding hydrogens is 410 g/mol. The zero-order chi connectivity index (χ0) is 22.2. The van der Waals surface area contributed by atoms with Gasteiger partial charge in [-0.15, -0.1) is 4.40 Å². The summed E-state index contributed by atoms with van der Waals surface area (Å²) in [5.41, 5.74) is 4.20. The molecule has 0 bridgehead atoms. The Morgan fingerprint density at radius 2 is 1.45 bits per heavy atom. The zero-order valence-corrected chi connectivity index (χ0v) is 18.9. The van der Waals surface area contributed by atoms with Crippen molar-refractivity contribution in [1.29, 1.82) is 0 Å². The second-order valence-corrected chi connectivity index (χ2v) is 9.75. The number of rotatable bonds is 2. The van der Waals surface area contributed by atoms with E-state index in [0.29, 0.717) is 48.7 Å². The molecular formula is C24H27N3O3S. The Bertz CT molecular complexity index is 1160. The molecule has 0 saturated carbocycles. The molecule has 0 aromatic heterocycles. The number of benzene rings is 2. The molecule has 1 fully saturated rings. The van der Waals surface area contributed by atoms with Gasteiger partial charge in [-0.1, -0.05) is 47.5 Å². The van der Waals surface area contributed by atoms with Crippen LogP contribution in [0.4, 0.5) is 0 Å². The van der Waals surface area contributed by atoms with Gasteiger partial charge >= 0.3 is 0 Å². The van der Waals surface area contributed by atoms with E-state index in [0.717, 1.165) is 17.5 Å². The zero-order valence-electron chi connectivity index (χ0n) is 18.1. The van der Waals surface area contributed by atoms with Gasteiger partial charge in [-0.25, -0.2) is 0 Å². The summed E-state index contributed by atoms with van der Waals surface area (Å²) in [5, 5.41) is 0. The number of nitrogens with zero attached hydrogens (tertiary/aromatic N) is 3. The van der Waals surface area contributed by atoms with E-state index in [1.165, 1.54) is 0 Å². The third-order valence-corrected chi connectivity index (χ3v) is 7.31. The molecule has 31 heavy (non-hydrogen) atoms. The van der Waals surface area contributed by atoms with Gasteiger partial charge in [-0.05, 0) is 44.9 Å². The summed E-state index contributed by atoms with van der Waals surface area (Å²) in [6.45, 7) is 8.15. The Kier molecular flexibility index (Phi) is 5.71. The van der Waals surface area contributed by atoms with E-state index in [9.17, 15) is 13.2 Å². The van der Waals surface area contributed by atoms with E-state index in [2.05, 4.69) is 4.40 Å². The first kappa shape index (κ1) is 21.3. The van der Waals surface area contributed by atoms with E-state index in [-0.39, 0.29) is 10.8 Å². The largest absolute Gasteiger partial charge is 0.354 e. The number of hydrogen-bond donors (Lipinski definition) is 0. The normalized spacial score (nSPS) is 18.7. The highest BCUT2D eigenvalue weighted by molar-refractivity contribution is 8.00. The predicted molar refractivity (Wildman–Crippen MR) is 123 cm³/mol. The molecule has 2 heterocycles. The third-order valence-electron chi connectivity index (χ3n) is 5.84. The minimum absolute atomic E-state index is 0.00967. The average molecular weight is 438 g/mol. The number of carbonyl (C=O) groups is 1. The van der Waals surface area contributed by atoms with Crippen molar-refractivity contribution in [3.8, 4) is 0 Å². The summed E-state index contributed by atoms with van der Waals surface area (Å²) >= 11 is 0. The third kappa shape index (κ3) is 4.28. The fourth-order valence-corrected chi connectivity index (χ4v) is 5.58. The van der Waals surface area contributed by atoms with Crippen LogP contribution in [0.25, 0.3) is 4.91 Å². The highest BCUT2D eigenvalue weighted by Crippen LogP contribution is 2.34. The molecule has 0 spiro atoms. The Morgan fingerprint density at radius 3 is 2.10 bits per heavy atom. The van der Waals surface area contributed by atoms with Crippen LogP contribution in [0.5, 0.6) is 0 Å². The second kappa shape index (κ2) is 8.30. The summed E-state index contributed by atoms with van der Waals surface area (Å²) in [5.74, 6) is 0.510. The fraction of sp³-hybridized carbons (Fsp3) is 0.333. The highest BCUT2D eigenvalue weighted by Gasteiger charge is 2.34. The molecule has 1 saturated heterocycles. The maximum atomic E-state index is 12.9. The van der Waals surface area contributed by atoms with Gasteiger partial charge in [-0.2, -0.15) is 8.42 Å². The molecule has 0 N–H and O–H groups in total. The van der Waals surface area contributed by atoms with Crippen molar-refractivity contribution in [1.82, 2.24) is 9.80 Å². The van der Waals surface area contributed by atoms with Crippen molar-refractivity contribution in [3.63, 3.8) is 0 Å². The van der Waals surface area contributed by atoms with Gasteiger partial charge in [0.15, 0.2) is 0 Å². The fourth-order valence-electron chi connectivity index (χ4n) is 4.10. The van der Waals surface area contributed by atoms with Crippen LogP contribution in [0.3, 0.4) is 0 Å². The standard InChI is InChI=1S/C24H27N3O3S/c1-17-5-9-20(10-6-17)22-19(3)23(25-31(22,29)30)26-13-4-14-27(16-15-26)24(28)21-11-7-18(2)8-12-21/h5-12H,4,13-16H2,1-3H3. The van der Waals surface area contributed by atoms with Gasteiger partial charge in [0.25, 0.3) is 15.9 Å². The monoisotopic (exact) mass is 437 g/mol. The van der Waals surface area contributed by atoms with Crippen molar-refractivity contribution in [2.75, 3.05) is 26.2 Å². The number of amides is 1. The molecule has 1 amide bonds. The maximum absolute atomic E-state index is 12.9. The number of carbonyl (C=O) groups excluding carboxylic acids is 1. The Hall–Kier alpha value is -2.93. The van der Waals surface area contributed by atoms with E-state index < -0.39 is 10.0 Å². The SMILES string of the molecule is CC1=C(c2ccc(C)cc2)S(=O)(=O)N=C1N1CCCN(C(=O)c2ccc(C)cc2)CC1. The van der Waals surface area contributed by atoms with E-state index in [1.807, 2.05) is 79.1 Å². The quantitative estimate of drug-likeness (QED) is 0.720. The summed E-state index contributed by atoms with van der Waals surface area (Å²) in [4.78, 5) is 17.0. The van der Waals surface area contributed by atoms with Gasteiger partial charge in [0.1, 0.15) is 10.7 Å². The topological polar surface area (TPSA) is 70.1 Å². The van der Waals surface area contributed by atoms with Crippen LogP contribution < -0.4 is 0 Å². The molecule has 162 valence electrons. The number of hydrogen-bond acceptors (Lipinski definition) is 4. The first-order valence-electron chi connectivity index (χ1n) is 10.5. The Morgan fingerprint density at radius 1 is 0.839 bits per heavy atom. The minimum atomic E-state index is -3.74. The van der Waals surface area contributed by atoms with Crippen LogP contribution in [0.1, 0.15) is 40.4 Å². The van der Waals surface area contributed by atoms with Crippen LogP contribution in [-0.4, -0.2) is 56.1 Å². The summed E-state index contributed by atoms with van der Waals surface area (Å²) in [6.07, 6.45) is 0.754. The lowest BCUT2D eigenvalue weighted by Crippen LogP contribution is -2.37. The lowest BCUT2D eigenvalue weighted by molar-refractivity contribution is 0.0764. The molecule has 4 rings (SSSR count). The van der Waals surface area contributed by atoms with Crippen LogP contribution >= 0.6 is 0 Å². The first-order chi connectivity index (χ1) is 14.8. The Balaban J connectivity index is 1.54. The smallest absolute Gasteiger partial charge is 0.285 e. The summed E-state index contributed by atoms with van der Waals surface area (Å²) < 4.78 is 29.8. The molecule has 0 atom stereocenters. The summed E-state index contributed by atoms with van der Waals surface area (Å²) in [7, 11) is -3.74. The average Bonchev–Trinajstić information content (AvgIpc) is 2.90. The first-order valence-corrected chi connectivity index (χ1v) is 11.9. The molecule has 7 heteroatoms. The van der Waals surface area contributed by atoms with E-state index in [4.69, 9.17) is 0 Å². The van der Waals surface area contributed by atoms with Gasteiger partial charge in [0.2, 0.25) is 0 Å². The van der Waals surface area contributed by atoms with Crippen LogP contribution in [-0.2, 0) is 10.0 Å². The van der Waals surface area contributed by atoms with Crippen molar-refractivity contribution in [3.05, 3.63) is 76.4 Å². The number of aryl methyl sites for hydroxylation is 2. The van der Waals surface area contributed by atoms with Gasteiger partial charge in [0.05, 0.1) is 0 Å². The molecule has 2 aliphatic rings. The van der Waals surface area contributed by atoms with Crippen molar-refractivity contribution in [2.24, 2.45) is 4.40 Å². The molecule has 6 nitrogen and oxygen atoms in total. The van der Waals surface area contributed by atoms with Crippen LogP contribution in [0.15, 0.2) is 58.5 Å². The van der Waals surface area contributed by atoms with Gasteiger partial charge in [-0.3, -0.25) is 4.79 Å². The van der Waals surface area contributed by atoms with Gasteiger partial charge in [0, 0.05) is 37.3 Å². The number of sulfonamides is 1.